The monoisotopic (exact) mass is 554 g/mol. The lowest BCUT2D eigenvalue weighted by Crippen LogP contribution is -2.22. The van der Waals surface area contributed by atoms with Crippen molar-refractivity contribution in [3.63, 3.8) is 0 Å². The number of rotatable bonds is 4. The topological polar surface area (TPSA) is 0 Å². The minimum absolute atomic E-state index is 0.614. The predicted octanol–water partition coefficient (Wildman–Crippen LogP) is 6.96. The normalized spacial score (nSPS) is 16.5. The van der Waals surface area contributed by atoms with Crippen LogP contribution in [0.1, 0.15) is 11.1 Å². The fourth-order valence-electron chi connectivity index (χ4n) is 1.50. The van der Waals surface area contributed by atoms with Gasteiger partial charge in [0, 0.05) is 11.1 Å². The summed E-state index contributed by atoms with van der Waals surface area (Å²) in [6.07, 6.45) is -6.00. The van der Waals surface area contributed by atoms with Gasteiger partial charge in [0.2, 0.25) is 19.0 Å². The van der Waals surface area contributed by atoms with E-state index < -0.39 is 42.3 Å². The predicted molar refractivity (Wildman–Crippen MR) is 80.8 cm³/mol. The largest absolute Gasteiger partial charge is 0.306 e. The number of halogens is 10. The molecule has 0 aliphatic carbocycles. The molecule has 0 bridgehead atoms. The van der Waals surface area contributed by atoms with Crippen LogP contribution in [0.15, 0.2) is 48.1 Å². The molecule has 0 fully saturated rings. The molecule has 0 aliphatic heterocycles. The van der Waals surface area contributed by atoms with Gasteiger partial charge >= 0.3 is 12.2 Å². The fourth-order valence-corrected chi connectivity index (χ4v) is 2.85. The standard InChI is InChI=1S/C12H4F8I2/c13-7(9(15)16)11(19,21)5-3-1-2-4-6(5)12(20,22)8(14)10(17)18/h1-4H. The van der Waals surface area contributed by atoms with Crippen LogP contribution in [0.5, 0.6) is 0 Å². The lowest BCUT2D eigenvalue weighted by atomic mass is 9.98. The molecule has 1 aromatic rings. The van der Waals surface area contributed by atoms with Crippen LogP contribution in [0.25, 0.3) is 0 Å². The first-order valence-corrected chi connectivity index (χ1v) is 7.37. The van der Waals surface area contributed by atoms with E-state index in [4.69, 9.17) is 0 Å². The van der Waals surface area contributed by atoms with Gasteiger partial charge in [0.1, 0.15) is 0 Å². The molecule has 0 amide bonds. The highest BCUT2D eigenvalue weighted by molar-refractivity contribution is 14.1. The first-order valence-electron chi connectivity index (χ1n) is 5.22. The summed E-state index contributed by atoms with van der Waals surface area (Å²) in [4.78, 5) is 0. The quantitative estimate of drug-likeness (QED) is 0.215. The molecular weight excluding hydrogens is 550 g/mol. The molecule has 0 aromatic heterocycles. The smallest absolute Gasteiger partial charge is 0.219 e. The van der Waals surface area contributed by atoms with E-state index >= 15 is 0 Å². The SMILES string of the molecule is FC(F)=C(F)C(F)(I)c1ccccc1C(F)(I)C(F)=C(F)F. The lowest BCUT2D eigenvalue weighted by molar-refractivity contribution is 0.249. The second-order valence-corrected chi connectivity index (χ2v) is 6.82. The van der Waals surface area contributed by atoms with Crippen molar-refractivity contribution in [2.45, 2.75) is 7.35 Å². The van der Waals surface area contributed by atoms with E-state index in [1.807, 2.05) is 0 Å². The maximum absolute atomic E-state index is 14.3. The minimum atomic E-state index is -3.55. The third-order valence-electron chi connectivity index (χ3n) is 2.49. The molecule has 0 aliphatic rings. The van der Waals surface area contributed by atoms with Gasteiger partial charge in [-0.15, -0.1) is 0 Å². The summed E-state index contributed by atoms with van der Waals surface area (Å²) in [5, 5.41) is 0. The van der Waals surface area contributed by atoms with Gasteiger partial charge in [-0.1, -0.05) is 24.3 Å². The van der Waals surface area contributed by atoms with Crippen molar-refractivity contribution in [2.75, 3.05) is 0 Å². The Bertz CT molecular complexity index is 573. The Morgan fingerprint density at radius 1 is 0.682 bits per heavy atom. The third-order valence-corrected chi connectivity index (χ3v) is 4.60. The van der Waals surface area contributed by atoms with Gasteiger partial charge in [-0.05, 0) is 45.2 Å². The maximum Gasteiger partial charge on any atom is 0.306 e. The second kappa shape index (κ2) is 7.01. The summed E-state index contributed by atoms with van der Waals surface area (Å²) >= 11 is 1.23. The van der Waals surface area contributed by atoms with E-state index in [1.54, 1.807) is 0 Å². The van der Waals surface area contributed by atoms with Crippen LogP contribution < -0.4 is 0 Å². The Morgan fingerprint density at radius 2 is 0.955 bits per heavy atom. The molecule has 0 spiro atoms. The summed E-state index contributed by atoms with van der Waals surface area (Å²) in [5.41, 5.74) is -2.09. The Labute approximate surface area is 146 Å². The van der Waals surface area contributed by atoms with E-state index in [9.17, 15) is 35.1 Å². The fraction of sp³-hybridized carbons (Fsp3) is 0.167. The molecule has 0 saturated carbocycles. The summed E-state index contributed by atoms with van der Waals surface area (Å²) in [7, 11) is 0. The first-order chi connectivity index (χ1) is 9.94. The van der Waals surface area contributed by atoms with Crippen molar-refractivity contribution in [1.82, 2.24) is 0 Å². The molecule has 0 nitrogen and oxygen atoms in total. The van der Waals surface area contributed by atoms with E-state index in [0.717, 1.165) is 12.1 Å². The molecule has 2 atom stereocenters. The Balaban J connectivity index is 3.64. The molecular formula is C12H4F8I2. The van der Waals surface area contributed by atoms with Gasteiger partial charge in [0.25, 0.3) is 0 Å². The maximum atomic E-state index is 14.3. The van der Waals surface area contributed by atoms with Crippen LogP contribution in [-0.2, 0) is 7.35 Å². The molecule has 2 unspecified atom stereocenters. The van der Waals surface area contributed by atoms with Crippen LogP contribution in [0.4, 0.5) is 35.1 Å². The van der Waals surface area contributed by atoms with Crippen LogP contribution in [0.3, 0.4) is 0 Å². The van der Waals surface area contributed by atoms with Gasteiger partial charge in [-0.25, -0.2) is 17.6 Å². The average Bonchev–Trinajstić information content (AvgIpc) is 2.45. The van der Waals surface area contributed by atoms with Gasteiger partial charge in [0.15, 0.2) is 0 Å². The number of hydrogen-bond donors (Lipinski definition) is 0. The minimum Gasteiger partial charge on any atom is -0.219 e. The van der Waals surface area contributed by atoms with Crippen molar-refractivity contribution in [3.05, 3.63) is 59.2 Å². The van der Waals surface area contributed by atoms with E-state index in [-0.39, 0.29) is 0 Å². The Hall–Kier alpha value is -0.400. The second-order valence-electron chi connectivity index (χ2n) is 3.84. The summed E-state index contributed by atoms with van der Waals surface area (Å²) in [6, 6.07) is 3.46. The first kappa shape index (κ1) is 19.6. The van der Waals surface area contributed by atoms with E-state index in [1.165, 1.54) is 0 Å². The number of benzene rings is 1. The van der Waals surface area contributed by atoms with Crippen molar-refractivity contribution >= 4 is 45.2 Å². The van der Waals surface area contributed by atoms with Crippen LogP contribution in [-0.4, -0.2) is 0 Å². The lowest BCUT2D eigenvalue weighted by Gasteiger charge is -2.25. The van der Waals surface area contributed by atoms with Gasteiger partial charge in [0.05, 0.1) is 0 Å². The van der Waals surface area contributed by atoms with Crippen LogP contribution in [0.2, 0.25) is 0 Å². The van der Waals surface area contributed by atoms with Crippen LogP contribution in [0, 0.1) is 0 Å². The summed E-state index contributed by atoms with van der Waals surface area (Å²) < 4.78 is 97.2. The molecule has 0 radical (unpaired) electrons. The number of allylic oxidation sites excluding steroid dienone is 2. The number of alkyl halides is 4. The zero-order chi connectivity index (χ0) is 17.3. The Kier molecular flexibility index (Phi) is 6.26. The summed E-state index contributed by atoms with van der Waals surface area (Å²) in [6.45, 7) is 0. The molecule has 0 saturated heterocycles. The van der Waals surface area contributed by atoms with Crippen molar-refractivity contribution < 1.29 is 35.1 Å². The highest BCUT2D eigenvalue weighted by atomic mass is 127. The zero-order valence-corrected chi connectivity index (χ0v) is 14.4. The molecule has 122 valence electrons. The van der Waals surface area contributed by atoms with Crippen molar-refractivity contribution in [3.8, 4) is 0 Å². The van der Waals surface area contributed by atoms with E-state index in [2.05, 4.69) is 0 Å². The molecule has 0 heterocycles. The zero-order valence-electron chi connectivity index (χ0n) is 10.1. The van der Waals surface area contributed by atoms with Crippen molar-refractivity contribution in [1.29, 1.82) is 0 Å². The molecule has 1 aromatic carbocycles. The highest BCUT2D eigenvalue weighted by Crippen LogP contribution is 2.51. The average molecular weight is 554 g/mol. The number of hydrogen-bond acceptors (Lipinski definition) is 0. The molecule has 22 heavy (non-hydrogen) atoms. The van der Waals surface area contributed by atoms with Crippen LogP contribution >= 0.6 is 45.2 Å². The summed E-state index contributed by atoms with van der Waals surface area (Å²) in [5.74, 6) is -5.06. The van der Waals surface area contributed by atoms with Crippen molar-refractivity contribution in [2.24, 2.45) is 0 Å². The molecule has 0 N–H and O–H groups in total. The molecule has 1 rings (SSSR count). The highest BCUT2D eigenvalue weighted by Gasteiger charge is 2.46. The molecule has 10 heteroatoms. The van der Waals surface area contributed by atoms with Gasteiger partial charge in [-0.2, -0.15) is 17.6 Å². The third kappa shape index (κ3) is 3.74. The Morgan fingerprint density at radius 3 is 1.18 bits per heavy atom. The van der Waals surface area contributed by atoms with Gasteiger partial charge < -0.3 is 0 Å². The van der Waals surface area contributed by atoms with E-state index in [0.29, 0.717) is 57.3 Å². The van der Waals surface area contributed by atoms with Gasteiger partial charge in [-0.3, -0.25) is 0 Å².